The fourth-order valence-corrected chi connectivity index (χ4v) is 2.02. The van der Waals surface area contributed by atoms with Crippen LogP contribution in [-0.4, -0.2) is 10.7 Å². The summed E-state index contributed by atoms with van der Waals surface area (Å²) in [5.74, 6) is 2.34. The first kappa shape index (κ1) is 14.8. The number of ether oxygens (including phenoxy) is 1. The molecule has 0 amide bonds. The van der Waals surface area contributed by atoms with E-state index in [4.69, 9.17) is 4.74 Å². The topological polar surface area (TPSA) is 46.5 Å². The van der Waals surface area contributed by atoms with Crippen molar-refractivity contribution in [3.63, 3.8) is 0 Å². The first-order valence-corrected chi connectivity index (χ1v) is 7.36. The molecule has 4 heteroatoms. The summed E-state index contributed by atoms with van der Waals surface area (Å²) < 4.78 is 5.78. The van der Waals surface area contributed by atoms with Gasteiger partial charge in [-0.1, -0.05) is 24.3 Å². The number of pyridine rings is 1. The van der Waals surface area contributed by atoms with Crippen molar-refractivity contribution in [2.45, 2.75) is 6.92 Å². The number of rotatable bonds is 5. The van der Waals surface area contributed by atoms with E-state index in [0.717, 1.165) is 28.6 Å². The fraction of sp³-hybridized carbons (Fsp3) is 0.0526. The number of para-hydroxylation sites is 1. The maximum atomic E-state index is 5.78. The molecule has 4 nitrogen and oxygen atoms in total. The third-order valence-corrected chi connectivity index (χ3v) is 3.25. The van der Waals surface area contributed by atoms with Gasteiger partial charge in [0, 0.05) is 6.20 Å². The van der Waals surface area contributed by atoms with E-state index < -0.39 is 0 Å². The van der Waals surface area contributed by atoms with Crippen LogP contribution in [0.2, 0.25) is 0 Å². The number of hydrogen-bond donors (Lipinski definition) is 1. The lowest BCUT2D eigenvalue weighted by molar-refractivity contribution is 0.482. The summed E-state index contributed by atoms with van der Waals surface area (Å²) in [5.41, 5.74) is 4.84. The molecule has 0 aliphatic rings. The summed E-state index contributed by atoms with van der Waals surface area (Å²) in [6, 6.07) is 23.2. The number of aromatic nitrogens is 1. The number of nitrogens with zero attached hydrogens (tertiary/aromatic N) is 2. The van der Waals surface area contributed by atoms with Crippen LogP contribution in [0.1, 0.15) is 12.5 Å². The lowest BCUT2D eigenvalue weighted by Crippen LogP contribution is -2.00. The van der Waals surface area contributed by atoms with E-state index >= 15 is 0 Å². The lowest BCUT2D eigenvalue weighted by Gasteiger charge is -2.07. The molecule has 0 aliphatic carbocycles. The van der Waals surface area contributed by atoms with Gasteiger partial charge >= 0.3 is 0 Å². The minimum absolute atomic E-state index is 0.718. The molecule has 3 rings (SSSR count). The minimum atomic E-state index is 0.718. The van der Waals surface area contributed by atoms with Gasteiger partial charge in [0.1, 0.15) is 17.3 Å². The quantitative estimate of drug-likeness (QED) is 0.548. The molecule has 0 saturated carbocycles. The van der Waals surface area contributed by atoms with Gasteiger partial charge in [0.15, 0.2) is 0 Å². The van der Waals surface area contributed by atoms with Gasteiger partial charge in [0.05, 0.1) is 5.71 Å². The predicted molar refractivity (Wildman–Crippen MR) is 93.0 cm³/mol. The van der Waals surface area contributed by atoms with Crippen LogP contribution >= 0.6 is 0 Å². The average Bonchev–Trinajstić information content (AvgIpc) is 2.62. The van der Waals surface area contributed by atoms with E-state index in [2.05, 4.69) is 15.5 Å². The fourth-order valence-electron chi connectivity index (χ4n) is 2.02. The van der Waals surface area contributed by atoms with Crippen molar-refractivity contribution in [3.05, 3.63) is 84.6 Å². The summed E-state index contributed by atoms with van der Waals surface area (Å²) >= 11 is 0. The molecule has 1 aromatic heterocycles. The molecule has 2 aromatic carbocycles. The molecule has 0 unspecified atom stereocenters. The van der Waals surface area contributed by atoms with Crippen molar-refractivity contribution >= 4 is 11.5 Å². The van der Waals surface area contributed by atoms with Crippen LogP contribution in [0.4, 0.5) is 5.82 Å². The largest absolute Gasteiger partial charge is 0.457 e. The Labute approximate surface area is 135 Å². The summed E-state index contributed by atoms with van der Waals surface area (Å²) in [4.78, 5) is 4.17. The zero-order valence-electron chi connectivity index (χ0n) is 12.8. The van der Waals surface area contributed by atoms with Crippen LogP contribution < -0.4 is 10.2 Å². The van der Waals surface area contributed by atoms with Crippen molar-refractivity contribution in [1.29, 1.82) is 0 Å². The predicted octanol–water partition coefficient (Wildman–Crippen LogP) is 4.71. The molecule has 0 saturated heterocycles. The van der Waals surface area contributed by atoms with Gasteiger partial charge in [-0.2, -0.15) is 5.10 Å². The first-order valence-electron chi connectivity index (χ1n) is 7.36. The second-order valence-corrected chi connectivity index (χ2v) is 4.96. The summed E-state index contributed by atoms with van der Waals surface area (Å²) in [5, 5.41) is 4.34. The van der Waals surface area contributed by atoms with E-state index in [1.807, 2.05) is 79.7 Å². The molecular weight excluding hydrogens is 286 g/mol. The Morgan fingerprint density at radius 2 is 1.57 bits per heavy atom. The number of nitrogens with one attached hydrogen (secondary N) is 1. The third-order valence-electron chi connectivity index (χ3n) is 3.25. The summed E-state index contributed by atoms with van der Waals surface area (Å²) in [6.07, 6.45) is 1.73. The second-order valence-electron chi connectivity index (χ2n) is 4.96. The van der Waals surface area contributed by atoms with Gasteiger partial charge in [0.25, 0.3) is 0 Å². The van der Waals surface area contributed by atoms with Crippen LogP contribution in [0.15, 0.2) is 84.1 Å². The average molecular weight is 303 g/mol. The van der Waals surface area contributed by atoms with Crippen LogP contribution in [0.3, 0.4) is 0 Å². The molecule has 0 bridgehead atoms. The summed E-state index contributed by atoms with van der Waals surface area (Å²) in [7, 11) is 0. The number of hydrazone groups is 1. The zero-order chi connectivity index (χ0) is 15.9. The van der Waals surface area contributed by atoms with E-state index in [1.54, 1.807) is 6.20 Å². The van der Waals surface area contributed by atoms with Gasteiger partial charge in [-0.15, -0.1) is 0 Å². The molecule has 0 spiro atoms. The maximum absolute atomic E-state index is 5.78. The Hall–Kier alpha value is -3.14. The molecule has 0 aliphatic heterocycles. The standard InChI is InChI=1S/C19H17N3O/c1-15(21-22-19-9-5-6-14-20-19)16-10-12-18(13-11-16)23-17-7-3-2-4-8-17/h2-14H,1H3,(H,20,22). The highest BCUT2D eigenvalue weighted by atomic mass is 16.5. The third kappa shape index (κ3) is 4.17. The van der Waals surface area contributed by atoms with Crippen molar-refractivity contribution in [2.75, 3.05) is 5.43 Å². The molecule has 0 atom stereocenters. The Bertz CT molecular complexity index is 769. The molecule has 0 fully saturated rings. The SMILES string of the molecule is CC(=NNc1ccccn1)c1ccc(Oc2ccccc2)cc1. The minimum Gasteiger partial charge on any atom is -0.457 e. The van der Waals surface area contributed by atoms with Crippen LogP contribution in [-0.2, 0) is 0 Å². The Morgan fingerprint density at radius 1 is 0.870 bits per heavy atom. The van der Waals surface area contributed by atoms with Crippen molar-refractivity contribution in [1.82, 2.24) is 4.98 Å². The Kier molecular flexibility index (Phi) is 4.64. The van der Waals surface area contributed by atoms with Gasteiger partial charge < -0.3 is 4.74 Å². The monoisotopic (exact) mass is 303 g/mol. The molecule has 1 N–H and O–H groups in total. The smallest absolute Gasteiger partial charge is 0.146 e. The molecule has 0 radical (unpaired) electrons. The zero-order valence-corrected chi connectivity index (χ0v) is 12.8. The van der Waals surface area contributed by atoms with Crippen molar-refractivity contribution in [2.24, 2.45) is 5.10 Å². The van der Waals surface area contributed by atoms with Gasteiger partial charge in [-0.05, 0) is 61.0 Å². The van der Waals surface area contributed by atoms with Crippen molar-refractivity contribution in [3.8, 4) is 11.5 Å². The highest BCUT2D eigenvalue weighted by Gasteiger charge is 2.00. The molecular formula is C19H17N3O. The Balaban J connectivity index is 1.66. The molecule has 3 aromatic rings. The van der Waals surface area contributed by atoms with E-state index in [1.165, 1.54) is 0 Å². The van der Waals surface area contributed by atoms with E-state index in [-0.39, 0.29) is 0 Å². The number of anilines is 1. The van der Waals surface area contributed by atoms with Crippen LogP contribution in [0, 0.1) is 0 Å². The van der Waals surface area contributed by atoms with Gasteiger partial charge in [-0.3, -0.25) is 5.43 Å². The molecule has 1 heterocycles. The van der Waals surface area contributed by atoms with Crippen molar-refractivity contribution < 1.29 is 4.74 Å². The van der Waals surface area contributed by atoms with Crippen LogP contribution in [0.5, 0.6) is 11.5 Å². The highest BCUT2D eigenvalue weighted by molar-refractivity contribution is 5.99. The number of hydrogen-bond acceptors (Lipinski definition) is 4. The van der Waals surface area contributed by atoms with Gasteiger partial charge in [0.2, 0.25) is 0 Å². The second kappa shape index (κ2) is 7.22. The summed E-state index contributed by atoms with van der Waals surface area (Å²) in [6.45, 7) is 1.95. The molecule has 114 valence electrons. The van der Waals surface area contributed by atoms with E-state index in [9.17, 15) is 0 Å². The Morgan fingerprint density at radius 3 is 2.26 bits per heavy atom. The van der Waals surface area contributed by atoms with Gasteiger partial charge in [-0.25, -0.2) is 4.98 Å². The lowest BCUT2D eigenvalue weighted by atomic mass is 10.1. The molecule has 23 heavy (non-hydrogen) atoms. The number of benzene rings is 2. The normalized spacial score (nSPS) is 11.1. The maximum Gasteiger partial charge on any atom is 0.146 e. The van der Waals surface area contributed by atoms with E-state index in [0.29, 0.717) is 0 Å². The highest BCUT2D eigenvalue weighted by Crippen LogP contribution is 2.21. The first-order chi connectivity index (χ1) is 11.3. The van der Waals surface area contributed by atoms with Crippen LogP contribution in [0.25, 0.3) is 0 Å².